The van der Waals surface area contributed by atoms with Crippen LogP contribution in [-0.4, -0.2) is 98.5 Å². The Hall–Kier alpha value is -4.62. The molecule has 4 N–H and O–H groups in total. The van der Waals surface area contributed by atoms with Crippen molar-refractivity contribution in [1.82, 2.24) is 5.06 Å². The molecule has 0 saturated carbocycles. The van der Waals surface area contributed by atoms with Gasteiger partial charge < -0.3 is 9.74 Å². The number of allylic oxidation sites excluding steroid dienone is 6. The highest BCUT2D eigenvalue weighted by Crippen LogP contribution is 2.51. The average Bonchev–Trinajstić information content (AvgIpc) is 3.69. The molecule has 61 heavy (non-hydrogen) atoms. The van der Waals surface area contributed by atoms with Gasteiger partial charge in [0.2, 0.25) is 0 Å². The van der Waals surface area contributed by atoms with E-state index in [0.717, 1.165) is 0 Å². The van der Waals surface area contributed by atoms with Crippen LogP contribution in [0, 0.1) is 0 Å². The van der Waals surface area contributed by atoms with Crippen molar-refractivity contribution >= 4 is 75.3 Å². The van der Waals surface area contributed by atoms with Gasteiger partial charge in [-0.25, -0.2) is 4.79 Å². The molecule has 0 radical (unpaired) electrons. The first-order chi connectivity index (χ1) is 28.1. The number of amides is 2. The highest BCUT2D eigenvalue weighted by atomic mass is 32.2. The van der Waals surface area contributed by atoms with Crippen LogP contribution in [0.25, 0.3) is 0 Å². The van der Waals surface area contributed by atoms with E-state index >= 15 is 0 Å². The summed E-state index contributed by atoms with van der Waals surface area (Å²) in [6.07, 6.45) is 6.36. The van der Waals surface area contributed by atoms with Crippen LogP contribution in [0.15, 0.2) is 86.8 Å². The molecular weight excluding hydrogens is 883 g/mol. The number of hydroxylamine groups is 2. The Kier molecular flexibility index (Phi) is 13.7. The van der Waals surface area contributed by atoms with E-state index in [1.54, 1.807) is 50.0 Å². The van der Waals surface area contributed by atoms with Crippen LogP contribution in [0.1, 0.15) is 83.3 Å². The zero-order chi connectivity index (χ0) is 45.3. The zero-order valence-corrected chi connectivity index (χ0v) is 36.5. The number of fused-ring (bicyclic) bond motifs is 2. The Balaban J connectivity index is 1.52. The maximum absolute atomic E-state index is 12.7. The van der Waals surface area contributed by atoms with Gasteiger partial charge in [0.1, 0.15) is 0 Å². The summed E-state index contributed by atoms with van der Waals surface area (Å²) in [5, 5.41) is 0.428. The number of nitrogens with zero attached hydrogens (tertiary/aromatic N) is 3. The summed E-state index contributed by atoms with van der Waals surface area (Å²) in [4.78, 5) is 47.3. The summed E-state index contributed by atoms with van der Waals surface area (Å²) in [6.45, 7) is 5.23. The van der Waals surface area contributed by atoms with Gasteiger partial charge in [0.05, 0.1) is 32.7 Å². The summed E-state index contributed by atoms with van der Waals surface area (Å²) >= 11 is 0. The molecular formula is C38H45N3O16S4. The lowest BCUT2D eigenvalue weighted by molar-refractivity contribution is -0.197. The second-order valence-electron chi connectivity index (χ2n) is 15.3. The summed E-state index contributed by atoms with van der Waals surface area (Å²) in [7, 11) is -18.1. The van der Waals surface area contributed by atoms with Crippen LogP contribution in [0.4, 0.5) is 11.4 Å². The van der Waals surface area contributed by atoms with E-state index in [0.29, 0.717) is 44.5 Å². The molecule has 0 aliphatic carbocycles. The Morgan fingerprint density at radius 1 is 0.787 bits per heavy atom. The molecule has 23 heteroatoms. The van der Waals surface area contributed by atoms with Crippen molar-refractivity contribution in [1.29, 1.82) is 0 Å². The number of anilines is 1. The predicted molar refractivity (Wildman–Crippen MR) is 220 cm³/mol. The minimum Gasteiger partial charge on any atom is -0.344 e. The molecule has 1 saturated heterocycles. The Bertz CT molecular complexity index is 2710. The van der Waals surface area contributed by atoms with Crippen LogP contribution >= 0.6 is 0 Å². The van der Waals surface area contributed by atoms with Gasteiger partial charge in [0.15, 0.2) is 0 Å². The van der Waals surface area contributed by atoms with E-state index in [2.05, 4.69) is 4.99 Å². The average molecular weight is 928 g/mol. The molecule has 2 amide bonds. The van der Waals surface area contributed by atoms with Gasteiger partial charge in [-0.2, -0.15) is 33.7 Å². The molecule has 19 nitrogen and oxygen atoms in total. The van der Waals surface area contributed by atoms with Crippen LogP contribution in [0.3, 0.4) is 0 Å². The number of aliphatic imine (C=N–C) groups is 1. The molecule has 332 valence electrons. The second-order valence-corrected chi connectivity index (χ2v) is 21.3. The lowest BCUT2D eigenvalue weighted by atomic mass is 9.75. The minimum absolute atomic E-state index is 0.0310. The molecule has 3 aliphatic rings. The van der Waals surface area contributed by atoms with Crippen molar-refractivity contribution in [2.24, 2.45) is 4.99 Å². The number of hydrogen-bond donors (Lipinski definition) is 4. The molecule has 3 aliphatic heterocycles. The molecule has 5 rings (SSSR count). The Labute approximate surface area is 353 Å². The number of carbonyl (C=O) groups is 3. The first kappa shape index (κ1) is 47.4. The van der Waals surface area contributed by atoms with Crippen molar-refractivity contribution in [2.45, 2.75) is 92.8 Å². The van der Waals surface area contributed by atoms with E-state index in [1.807, 2.05) is 0 Å². The van der Waals surface area contributed by atoms with Gasteiger partial charge in [0.25, 0.3) is 52.3 Å². The van der Waals surface area contributed by atoms with Crippen LogP contribution in [-0.2, 0) is 70.5 Å². The van der Waals surface area contributed by atoms with E-state index in [9.17, 15) is 66.3 Å². The fourth-order valence-electron chi connectivity index (χ4n) is 7.67. The van der Waals surface area contributed by atoms with Crippen LogP contribution < -0.4 is 4.90 Å². The predicted octanol–water partition coefficient (Wildman–Crippen LogP) is 4.41. The maximum Gasteiger partial charge on any atom is 0.333 e. The van der Waals surface area contributed by atoms with E-state index in [-0.39, 0.29) is 57.9 Å². The summed E-state index contributed by atoms with van der Waals surface area (Å²) in [5.74, 6) is -3.36. The van der Waals surface area contributed by atoms with Gasteiger partial charge in [-0.05, 0) is 113 Å². The van der Waals surface area contributed by atoms with Gasteiger partial charge >= 0.3 is 5.97 Å². The molecule has 2 unspecified atom stereocenters. The fourth-order valence-corrected chi connectivity index (χ4v) is 9.70. The molecule has 0 spiro atoms. The smallest absolute Gasteiger partial charge is 0.333 e. The lowest BCUT2D eigenvalue weighted by Gasteiger charge is -2.30. The second kappa shape index (κ2) is 17.6. The molecule has 1 fully saturated rings. The highest BCUT2D eigenvalue weighted by molar-refractivity contribution is 7.86. The largest absolute Gasteiger partial charge is 0.344 e. The van der Waals surface area contributed by atoms with Gasteiger partial charge in [-0.3, -0.25) is 32.8 Å². The monoisotopic (exact) mass is 927 g/mol. The van der Waals surface area contributed by atoms with E-state index in [1.165, 1.54) is 36.4 Å². The molecule has 0 aromatic heterocycles. The molecule has 0 bridgehead atoms. The quantitative estimate of drug-likeness (QED) is 0.0914. The van der Waals surface area contributed by atoms with Gasteiger partial charge in [-0.1, -0.05) is 17.7 Å². The Morgan fingerprint density at radius 2 is 1.33 bits per heavy atom. The van der Waals surface area contributed by atoms with E-state index < -0.39 is 90.4 Å². The van der Waals surface area contributed by atoms with Gasteiger partial charge in [0, 0.05) is 48.0 Å². The number of benzene rings is 2. The van der Waals surface area contributed by atoms with Crippen molar-refractivity contribution in [3.8, 4) is 0 Å². The zero-order valence-electron chi connectivity index (χ0n) is 33.2. The Morgan fingerprint density at radius 3 is 1.89 bits per heavy atom. The van der Waals surface area contributed by atoms with Crippen molar-refractivity contribution in [2.75, 3.05) is 23.0 Å². The molecule has 2 atom stereocenters. The summed E-state index contributed by atoms with van der Waals surface area (Å²) < 4.78 is 134. The third kappa shape index (κ3) is 11.3. The van der Waals surface area contributed by atoms with Crippen molar-refractivity contribution < 1.29 is 71.1 Å². The van der Waals surface area contributed by atoms with E-state index in [4.69, 9.17) is 4.84 Å². The van der Waals surface area contributed by atoms with Crippen molar-refractivity contribution in [3.63, 3.8) is 0 Å². The number of imide groups is 1. The topological polar surface area (TPSA) is 297 Å². The molecule has 2 aromatic carbocycles. The highest BCUT2D eigenvalue weighted by Gasteiger charge is 2.44. The van der Waals surface area contributed by atoms with Gasteiger partial charge in [-0.15, -0.1) is 5.06 Å². The maximum atomic E-state index is 12.7. The first-order valence-electron chi connectivity index (χ1n) is 18.8. The lowest BCUT2D eigenvalue weighted by Crippen LogP contribution is -2.33. The van der Waals surface area contributed by atoms with Crippen molar-refractivity contribution in [3.05, 3.63) is 83.1 Å². The number of rotatable bonds is 18. The molecule has 2 aromatic rings. The molecule has 3 heterocycles. The number of carbonyl (C=O) groups excluding carboxylic acids is 3. The van der Waals surface area contributed by atoms with Crippen LogP contribution in [0.5, 0.6) is 0 Å². The normalized spacial score (nSPS) is 21.7. The van der Waals surface area contributed by atoms with Crippen LogP contribution in [0.2, 0.25) is 0 Å². The minimum atomic E-state index is -4.71. The fraction of sp³-hybridized carbons (Fsp3) is 0.421. The number of hydrogen-bond acceptors (Lipinski definition) is 14. The summed E-state index contributed by atoms with van der Waals surface area (Å²) in [6, 6.07) is 7.72. The summed E-state index contributed by atoms with van der Waals surface area (Å²) in [5.41, 5.74) is 0.845. The standard InChI is InChI=1S/C38H45N3O16S4/c1-25(8-14-32-37(2,18-5-21-58(45,46)47)28-23-26(60(51,52)53)10-12-30(28)39-32)9-15-33-38(3,19-6-22-59(48,49)50)29-24-27(61(54,55)56)11-13-31(29)40(33)20-4-7-36(44)57-41-34(42)16-17-35(41)43/h8-15,23-24H,4-7,16-22H2,1-3H3,(H,45,46,47)(H,48,49,50)(H,51,52,53)(H,54,55,56)/b14-8+,25-9+,33-15+. The third-order valence-corrected chi connectivity index (χ3v) is 14.1. The third-order valence-electron chi connectivity index (χ3n) is 10.8. The SMILES string of the molecule is CC(/C=C/C1=Nc2ccc(S(=O)(=O)O)cc2C1(C)CCCS(=O)(=O)O)=C\C=C1\N(CCCC(=O)ON2C(=O)CCC2=O)c2ccc(S(=O)(=O)O)cc2C1(C)CCCS(=O)(=O)O. The first-order valence-corrected chi connectivity index (χ1v) is 24.9.